The van der Waals surface area contributed by atoms with E-state index in [4.69, 9.17) is 10.5 Å². The Labute approximate surface area is 84.2 Å². The number of nitrogens with two attached hydrogens (primary N) is 1. The van der Waals surface area contributed by atoms with Gasteiger partial charge >= 0.3 is 5.97 Å². The molecule has 70 valence electrons. The van der Waals surface area contributed by atoms with Crippen LogP contribution in [-0.4, -0.2) is 12.6 Å². The second kappa shape index (κ2) is 4.23. The molecule has 0 aliphatic heterocycles. The Morgan fingerprint density at radius 3 is 3.00 bits per heavy atom. The minimum Gasteiger partial charge on any atom is -0.462 e. The highest BCUT2D eigenvalue weighted by Crippen LogP contribution is 2.15. The van der Waals surface area contributed by atoms with Gasteiger partial charge in [-0.3, -0.25) is 5.73 Å². The van der Waals surface area contributed by atoms with Gasteiger partial charge in [0.2, 0.25) is 0 Å². The van der Waals surface area contributed by atoms with Crippen LogP contribution in [0.5, 0.6) is 0 Å². The van der Waals surface area contributed by atoms with Crippen LogP contribution in [0.1, 0.15) is 17.3 Å². The summed E-state index contributed by atoms with van der Waals surface area (Å²) in [6.45, 7) is 2.12. The van der Waals surface area contributed by atoms with Crippen molar-refractivity contribution >= 4 is 27.7 Å². The SMILES string of the molecule is CCOC(=O)c1c[nH+]c(N)c(Br)c1. The van der Waals surface area contributed by atoms with E-state index in [9.17, 15) is 4.79 Å². The maximum absolute atomic E-state index is 11.2. The third kappa shape index (κ3) is 2.42. The number of ether oxygens (including phenoxy) is 1. The van der Waals surface area contributed by atoms with Crippen molar-refractivity contribution in [3.63, 3.8) is 0 Å². The summed E-state index contributed by atoms with van der Waals surface area (Å²) in [7, 11) is 0. The van der Waals surface area contributed by atoms with Crippen LogP contribution < -0.4 is 10.7 Å². The van der Waals surface area contributed by atoms with Gasteiger partial charge in [-0.05, 0) is 28.9 Å². The molecule has 0 unspecified atom stereocenters. The van der Waals surface area contributed by atoms with Crippen molar-refractivity contribution in [3.05, 3.63) is 22.3 Å². The van der Waals surface area contributed by atoms with Gasteiger partial charge in [0.15, 0.2) is 0 Å². The fourth-order valence-electron chi connectivity index (χ4n) is 0.813. The number of anilines is 1. The number of H-pyrrole nitrogens is 1. The van der Waals surface area contributed by atoms with Gasteiger partial charge in [-0.25, -0.2) is 9.78 Å². The Morgan fingerprint density at radius 2 is 2.46 bits per heavy atom. The molecule has 0 amide bonds. The van der Waals surface area contributed by atoms with Crippen LogP contribution in [-0.2, 0) is 4.74 Å². The van der Waals surface area contributed by atoms with Crippen LogP contribution >= 0.6 is 15.9 Å². The lowest BCUT2D eigenvalue weighted by Crippen LogP contribution is -2.15. The van der Waals surface area contributed by atoms with Crippen LogP contribution in [0.25, 0.3) is 0 Å². The zero-order valence-electron chi connectivity index (χ0n) is 7.13. The number of pyridine rings is 1. The third-order valence-electron chi connectivity index (χ3n) is 1.43. The van der Waals surface area contributed by atoms with Gasteiger partial charge in [0.25, 0.3) is 5.82 Å². The Morgan fingerprint density at radius 1 is 1.77 bits per heavy atom. The number of esters is 1. The molecular formula is C8H10BrN2O2+. The number of aromatic nitrogens is 1. The fourth-order valence-corrected chi connectivity index (χ4v) is 1.17. The highest BCUT2D eigenvalue weighted by Gasteiger charge is 2.11. The lowest BCUT2D eigenvalue weighted by molar-refractivity contribution is -0.361. The lowest BCUT2D eigenvalue weighted by atomic mass is 10.3. The second-order valence-electron chi connectivity index (χ2n) is 2.37. The summed E-state index contributed by atoms with van der Waals surface area (Å²) in [6.07, 6.45) is 1.51. The molecule has 0 fully saturated rings. The standard InChI is InChI=1S/C8H9BrN2O2/c1-2-13-8(12)5-3-6(9)7(10)11-4-5/h3-4H,2H2,1H3,(H2,10,11)/p+1. The average Bonchev–Trinajstić information content (AvgIpc) is 2.10. The Hall–Kier alpha value is -1.10. The van der Waals surface area contributed by atoms with E-state index in [0.717, 1.165) is 0 Å². The van der Waals surface area contributed by atoms with Crippen molar-refractivity contribution in [1.29, 1.82) is 0 Å². The van der Waals surface area contributed by atoms with E-state index in [0.29, 0.717) is 22.5 Å². The molecule has 0 radical (unpaired) electrons. The zero-order valence-corrected chi connectivity index (χ0v) is 8.72. The van der Waals surface area contributed by atoms with Gasteiger partial charge in [-0.1, -0.05) is 0 Å². The Kier molecular flexibility index (Phi) is 3.25. The van der Waals surface area contributed by atoms with Gasteiger partial charge in [0.1, 0.15) is 10.7 Å². The maximum Gasteiger partial charge on any atom is 0.341 e. The molecule has 1 aromatic heterocycles. The number of hydrogen-bond donors (Lipinski definition) is 1. The van der Waals surface area contributed by atoms with Crippen LogP contribution in [0, 0.1) is 0 Å². The summed E-state index contributed by atoms with van der Waals surface area (Å²) in [5, 5.41) is 0. The molecule has 0 aliphatic carbocycles. The van der Waals surface area contributed by atoms with Crippen LogP contribution in [0.4, 0.5) is 5.82 Å². The molecule has 3 N–H and O–H groups in total. The molecule has 0 spiro atoms. The number of aromatic amines is 1. The first-order valence-electron chi connectivity index (χ1n) is 3.79. The van der Waals surface area contributed by atoms with E-state index < -0.39 is 0 Å². The van der Waals surface area contributed by atoms with Crippen molar-refractivity contribution in [2.24, 2.45) is 0 Å². The molecule has 0 saturated heterocycles. The van der Waals surface area contributed by atoms with Crippen molar-refractivity contribution < 1.29 is 14.5 Å². The van der Waals surface area contributed by atoms with Crippen molar-refractivity contribution in [1.82, 2.24) is 0 Å². The largest absolute Gasteiger partial charge is 0.462 e. The number of nitrogen functional groups attached to an aromatic ring is 1. The van der Waals surface area contributed by atoms with Crippen LogP contribution in [0.15, 0.2) is 16.7 Å². The topological polar surface area (TPSA) is 66.5 Å². The average molecular weight is 246 g/mol. The summed E-state index contributed by atoms with van der Waals surface area (Å²) in [6, 6.07) is 1.61. The third-order valence-corrected chi connectivity index (χ3v) is 2.09. The molecule has 0 atom stereocenters. The minimum absolute atomic E-state index is 0.362. The first-order chi connectivity index (χ1) is 6.15. The first kappa shape index (κ1) is 9.98. The monoisotopic (exact) mass is 245 g/mol. The molecule has 1 rings (SSSR count). The quantitative estimate of drug-likeness (QED) is 0.792. The summed E-state index contributed by atoms with van der Waals surface area (Å²) in [4.78, 5) is 13.9. The van der Waals surface area contributed by atoms with Gasteiger partial charge in [0.05, 0.1) is 12.2 Å². The molecule has 0 aliphatic rings. The Balaban J connectivity index is 2.90. The number of halogens is 1. The number of carbonyl (C=O) groups is 1. The second-order valence-corrected chi connectivity index (χ2v) is 3.22. The Bertz CT molecular complexity index is 328. The van der Waals surface area contributed by atoms with E-state index in [1.165, 1.54) is 6.20 Å². The van der Waals surface area contributed by atoms with E-state index in [2.05, 4.69) is 20.9 Å². The molecule has 0 aromatic carbocycles. The normalized spacial score (nSPS) is 9.69. The first-order valence-corrected chi connectivity index (χ1v) is 4.58. The van der Waals surface area contributed by atoms with Crippen molar-refractivity contribution in [2.75, 3.05) is 12.3 Å². The molecule has 1 heterocycles. The summed E-state index contributed by atoms with van der Waals surface area (Å²) in [5.74, 6) is 0.118. The highest BCUT2D eigenvalue weighted by molar-refractivity contribution is 9.10. The smallest absolute Gasteiger partial charge is 0.341 e. The van der Waals surface area contributed by atoms with Crippen molar-refractivity contribution in [3.8, 4) is 0 Å². The molecule has 0 bridgehead atoms. The maximum atomic E-state index is 11.2. The number of rotatable bonds is 2. The van der Waals surface area contributed by atoms with Crippen molar-refractivity contribution in [2.45, 2.75) is 6.92 Å². The molecule has 1 aromatic rings. The summed E-state index contributed by atoms with van der Waals surface area (Å²) >= 11 is 3.20. The predicted molar refractivity (Wildman–Crippen MR) is 51.1 cm³/mol. The number of nitrogens with one attached hydrogen (secondary N) is 1. The molecule has 0 saturated carbocycles. The van der Waals surface area contributed by atoms with Gasteiger partial charge in [-0.2, -0.15) is 0 Å². The van der Waals surface area contributed by atoms with E-state index in [1.54, 1.807) is 13.0 Å². The van der Waals surface area contributed by atoms with Crippen LogP contribution in [0.2, 0.25) is 0 Å². The number of carbonyl (C=O) groups excluding carboxylic acids is 1. The molecule has 13 heavy (non-hydrogen) atoms. The number of hydrogen-bond acceptors (Lipinski definition) is 3. The molecular weight excluding hydrogens is 236 g/mol. The van der Waals surface area contributed by atoms with E-state index in [-0.39, 0.29) is 5.97 Å². The summed E-state index contributed by atoms with van der Waals surface area (Å²) < 4.78 is 5.45. The predicted octanol–water partition coefficient (Wildman–Crippen LogP) is 1.02. The minimum atomic E-state index is -0.362. The molecule has 5 heteroatoms. The summed E-state index contributed by atoms with van der Waals surface area (Å²) in [5.41, 5.74) is 5.96. The van der Waals surface area contributed by atoms with Gasteiger partial charge < -0.3 is 4.74 Å². The van der Waals surface area contributed by atoms with E-state index >= 15 is 0 Å². The van der Waals surface area contributed by atoms with E-state index in [1.807, 2.05) is 0 Å². The zero-order chi connectivity index (χ0) is 9.84. The fraction of sp³-hybridized carbons (Fsp3) is 0.250. The van der Waals surface area contributed by atoms with Gasteiger partial charge in [0, 0.05) is 0 Å². The van der Waals surface area contributed by atoms with Gasteiger partial charge in [-0.15, -0.1) is 0 Å². The highest BCUT2D eigenvalue weighted by atomic mass is 79.9. The lowest BCUT2D eigenvalue weighted by Gasteiger charge is -2.00. The van der Waals surface area contributed by atoms with Crippen LogP contribution in [0.3, 0.4) is 0 Å². The molecule has 4 nitrogen and oxygen atoms in total.